The highest BCUT2D eigenvalue weighted by Gasteiger charge is 2.31. The van der Waals surface area contributed by atoms with Crippen molar-refractivity contribution in [2.75, 3.05) is 31.1 Å². The van der Waals surface area contributed by atoms with Crippen LogP contribution in [0.25, 0.3) is 16.9 Å². The summed E-state index contributed by atoms with van der Waals surface area (Å²) >= 11 is 0. The molecule has 27 heavy (non-hydrogen) atoms. The van der Waals surface area contributed by atoms with Crippen molar-refractivity contribution in [2.45, 2.75) is 18.9 Å². The number of fused-ring (bicyclic) bond motifs is 1. The number of rotatable bonds is 4. The SMILES string of the molecule is O=[N+]([O-])c1ccc(-c2cnc3cc(N4CCN(C5CC5)CC4)ccn23)cc1. The first kappa shape index (κ1) is 16.3. The fraction of sp³-hybridized carbons (Fsp3) is 0.350. The third-order valence-corrected chi connectivity index (χ3v) is 5.61. The number of aromatic nitrogens is 2. The van der Waals surface area contributed by atoms with E-state index in [2.05, 4.69) is 26.9 Å². The maximum atomic E-state index is 10.8. The molecule has 0 bridgehead atoms. The van der Waals surface area contributed by atoms with Crippen molar-refractivity contribution in [1.29, 1.82) is 0 Å². The van der Waals surface area contributed by atoms with Crippen LogP contribution in [0.1, 0.15) is 12.8 Å². The molecule has 2 fully saturated rings. The van der Waals surface area contributed by atoms with Crippen LogP contribution in [0, 0.1) is 10.1 Å². The number of nitro groups is 1. The molecule has 2 aromatic heterocycles. The molecule has 138 valence electrons. The molecule has 1 aliphatic heterocycles. The van der Waals surface area contributed by atoms with Crippen molar-refractivity contribution < 1.29 is 4.92 Å². The first-order valence-corrected chi connectivity index (χ1v) is 9.40. The second kappa shape index (κ2) is 6.35. The average molecular weight is 363 g/mol. The van der Waals surface area contributed by atoms with Crippen LogP contribution in [0.15, 0.2) is 48.8 Å². The smallest absolute Gasteiger partial charge is 0.269 e. The van der Waals surface area contributed by atoms with Gasteiger partial charge in [0.15, 0.2) is 0 Å². The van der Waals surface area contributed by atoms with Gasteiger partial charge in [0.1, 0.15) is 5.65 Å². The number of anilines is 1. The number of hydrogen-bond acceptors (Lipinski definition) is 5. The summed E-state index contributed by atoms with van der Waals surface area (Å²) < 4.78 is 2.03. The van der Waals surface area contributed by atoms with Gasteiger partial charge in [0.2, 0.25) is 0 Å². The summed E-state index contributed by atoms with van der Waals surface area (Å²) in [5, 5.41) is 10.8. The molecule has 1 saturated heterocycles. The number of imidazole rings is 1. The monoisotopic (exact) mass is 363 g/mol. The van der Waals surface area contributed by atoms with E-state index >= 15 is 0 Å². The lowest BCUT2D eigenvalue weighted by atomic mass is 10.1. The third-order valence-electron chi connectivity index (χ3n) is 5.61. The van der Waals surface area contributed by atoms with Gasteiger partial charge in [-0.1, -0.05) is 0 Å². The van der Waals surface area contributed by atoms with E-state index in [9.17, 15) is 10.1 Å². The van der Waals surface area contributed by atoms with E-state index in [0.29, 0.717) is 0 Å². The van der Waals surface area contributed by atoms with Gasteiger partial charge in [-0.15, -0.1) is 0 Å². The zero-order valence-corrected chi connectivity index (χ0v) is 15.0. The van der Waals surface area contributed by atoms with Crippen molar-refractivity contribution in [1.82, 2.24) is 14.3 Å². The molecule has 7 nitrogen and oxygen atoms in total. The Kier molecular flexibility index (Phi) is 3.82. The van der Waals surface area contributed by atoms with Crippen LogP contribution >= 0.6 is 0 Å². The number of benzene rings is 1. The summed E-state index contributed by atoms with van der Waals surface area (Å²) in [7, 11) is 0. The normalized spacial score (nSPS) is 18.1. The van der Waals surface area contributed by atoms with Crippen LogP contribution in [0.5, 0.6) is 0 Å². The first-order valence-electron chi connectivity index (χ1n) is 9.40. The fourth-order valence-electron chi connectivity index (χ4n) is 3.92. The lowest BCUT2D eigenvalue weighted by Crippen LogP contribution is -2.47. The molecule has 0 N–H and O–H groups in total. The van der Waals surface area contributed by atoms with Gasteiger partial charge in [0.05, 0.1) is 16.8 Å². The summed E-state index contributed by atoms with van der Waals surface area (Å²) in [5.74, 6) is 0. The van der Waals surface area contributed by atoms with Crippen molar-refractivity contribution in [2.24, 2.45) is 0 Å². The van der Waals surface area contributed by atoms with Crippen LogP contribution in [0.2, 0.25) is 0 Å². The van der Waals surface area contributed by atoms with Gasteiger partial charge in [-0.2, -0.15) is 0 Å². The topological polar surface area (TPSA) is 66.9 Å². The quantitative estimate of drug-likeness (QED) is 0.526. The minimum Gasteiger partial charge on any atom is -0.369 e. The van der Waals surface area contributed by atoms with Crippen molar-refractivity contribution in [3.63, 3.8) is 0 Å². The average Bonchev–Trinajstić information content (AvgIpc) is 3.47. The van der Waals surface area contributed by atoms with E-state index in [1.165, 1.54) is 30.7 Å². The largest absolute Gasteiger partial charge is 0.369 e. The molecule has 1 aliphatic carbocycles. The predicted molar refractivity (Wildman–Crippen MR) is 104 cm³/mol. The molecule has 5 rings (SSSR count). The number of non-ortho nitro benzene ring substituents is 1. The molecule has 0 spiro atoms. The van der Waals surface area contributed by atoms with Gasteiger partial charge in [0.25, 0.3) is 5.69 Å². The van der Waals surface area contributed by atoms with Gasteiger partial charge in [-0.3, -0.25) is 19.4 Å². The van der Waals surface area contributed by atoms with E-state index in [0.717, 1.165) is 49.1 Å². The predicted octanol–water partition coefficient (Wildman–Crippen LogP) is 3.19. The van der Waals surface area contributed by atoms with Gasteiger partial charge < -0.3 is 4.90 Å². The van der Waals surface area contributed by atoms with Crippen LogP contribution < -0.4 is 4.90 Å². The number of pyridine rings is 1. The van der Waals surface area contributed by atoms with Crippen molar-refractivity contribution in [3.05, 3.63) is 58.9 Å². The molecule has 1 aromatic carbocycles. The second-order valence-electron chi connectivity index (χ2n) is 7.31. The highest BCUT2D eigenvalue weighted by atomic mass is 16.6. The second-order valence-corrected chi connectivity index (χ2v) is 7.31. The number of nitrogens with zero attached hydrogens (tertiary/aromatic N) is 5. The van der Waals surface area contributed by atoms with Gasteiger partial charge >= 0.3 is 0 Å². The molecule has 3 aromatic rings. The van der Waals surface area contributed by atoms with E-state index < -0.39 is 0 Å². The lowest BCUT2D eigenvalue weighted by molar-refractivity contribution is -0.384. The zero-order chi connectivity index (χ0) is 18.4. The highest BCUT2D eigenvalue weighted by Crippen LogP contribution is 2.29. The summed E-state index contributed by atoms with van der Waals surface area (Å²) in [5.41, 5.74) is 4.05. The molecule has 1 saturated carbocycles. The third kappa shape index (κ3) is 3.04. The van der Waals surface area contributed by atoms with Gasteiger partial charge in [-0.05, 0) is 31.0 Å². The van der Waals surface area contributed by atoms with E-state index in [1.54, 1.807) is 12.1 Å². The Morgan fingerprint density at radius 2 is 1.78 bits per heavy atom. The Labute approximate surface area is 157 Å². The molecule has 0 amide bonds. The van der Waals surface area contributed by atoms with Crippen LogP contribution in [-0.4, -0.2) is 51.4 Å². The Morgan fingerprint density at radius 3 is 2.44 bits per heavy atom. The van der Waals surface area contributed by atoms with Crippen molar-refractivity contribution >= 4 is 17.0 Å². The van der Waals surface area contributed by atoms with E-state index in [-0.39, 0.29) is 10.6 Å². The standard InChI is InChI=1S/C20H21N5O2/c26-25(27)17-3-1-15(2-4-17)19-14-21-20-13-18(7-8-24(19)20)23-11-9-22(10-12-23)16-5-6-16/h1-4,7-8,13-14,16H,5-6,9-12H2. The zero-order valence-electron chi connectivity index (χ0n) is 15.0. The van der Waals surface area contributed by atoms with Crippen LogP contribution in [0.3, 0.4) is 0 Å². The Hall–Kier alpha value is -2.93. The van der Waals surface area contributed by atoms with Crippen LogP contribution in [-0.2, 0) is 0 Å². The Balaban J connectivity index is 1.38. The number of nitro benzene ring substituents is 1. The minimum absolute atomic E-state index is 0.0974. The number of hydrogen-bond donors (Lipinski definition) is 0. The van der Waals surface area contributed by atoms with Gasteiger partial charge in [-0.25, -0.2) is 4.98 Å². The molecule has 0 radical (unpaired) electrons. The molecule has 2 aliphatic rings. The van der Waals surface area contributed by atoms with E-state index in [1.807, 2.05) is 16.8 Å². The fourth-order valence-corrected chi connectivity index (χ4v) is 3.92. The molecule has 7 heteroatoms. The molecule has 0 unspecified atom stereocenters. The highest BCUT2D eigenvalue weighted by molar-refractivity contribution is 5.67. The molecule has 3 heterocycles. The summed E-state index contributed by atoms with van der Waals surface area (Å²) in [6, 6.07) is 11.7. The van der Waals surface area contributed by atoms with Gasteiger partial charge in [0, 0.05) is 67.9 Å². The summed E-state index contributed by atoms with van der Waals surface area (Å²) in [6.07, 6.45) is 6.60. The maximum absolute atomic E-state index is 10.8. The summed E-state index contributed by atoms with van der Waals surface area (Å²) in [4.78, 5) is 20.1. The van der Waals surface area contributed by atoms with Crippen molar-refractivity contribution in [3.8, 4) is 11.3 Å². The van der Waals surface area contributed by atoms with E-state index in [4.69, 9.17) is 0 Å². The first-order chi connectivity index (χ1) is 13.2. The van der Waals surface area contributed by atoms with Crippen LogP contribution in [0.4, 0.5) is 11.4 Å². The molecule has 0 atom stereocenters. The Morgan fingerprint density at radius 1 is 1.04 bits per heavy atom. The molecular weight excluding hydrogens is 342 g/mol. The maximum Gasteiger partial charge on any atom is 0.269 e. The summed E-state index contributed by atoms with van der Waals surface area (Å²) in [6.45, 7) is 4.39. The number of piperazine rings is 1. The molecular formula is C20H21N5O2. The lowest BCUT2D eigenvalue weighted by Gasteiger charge is -2.36. The Bertz CT molecular complexity index is 985. The minimum atomic E-state index is -0.381.